The molecule has 1 aliphatic carbocycles. The van der Waals surface area contributed by atoms with Gasteiger partial charge in [-0.25, -0.2) is 13.1 Å². The summed E-state index contributed by atoms with van der Waals surface area (Å²) in [5.74, 6) is 0.892. The fraction of sp³-hybridized carbons (Fsp3) is 0.500. The molecule has 7 heteroatoms. The van der Waals surface area contributed by atoms with Gasteiger partial charge in [-0.3, -0.25) is 0 Å². The first kappa shape index (κ1) is 19.8. The molecule has 1 saturated carbocycles. The third-order valence-corrected chi connectivity index (χ3v) is 6.90. The Morgan fingerprint density at radius 1 is 1.11 bits per heavy atom. The van der Waals surface area contributed by atoms with Crippen molar-refractivity contribution in [1.82, 2.24) is 14.9 Å². The number of nitrogens with zero attached hydrogens (tertiary/aromatic N) is 3. The molecule has 0 aliphatic heterocycles. The Balaban J connectivity index is 1.88. The summed E-state index contributed by atoms with van der Waals surface area (Å²) < 4.78 is 26.8. The normalized spacial score (nSPS) is 15.7. The van der Waals surface area contributed by atoms with Crippen molar-refractivity contribution in [3.05, 3.63) is 35.9 Å². The third kappa shape index (κ3) is 4.30. The molecule has 1 fully saturated rings. The van der Waals surface area contributed by atoms with E-state index in [1.807, 2.05) is 18.2 Å². The van der Waals surface area contributed by atoms with Gasteiger partial charge in [0.1, 0.15) is 0 Å². The Morgan fingerprint density at radius 3 is 2.44 bits per heavy atom. The van der Waals surface area contributed by atoms with Crippen molar-refractivity contribution in [2.45, 2.75) is 56.9 Å². The Hall–Kier alpha value is -1.99. The van der Waals surface area contributed by atoms with Gasteiger partial charge in [-0.2, -0.15) is 0 Å². The lowest BCUT2D eigenvalue weighted by atomic mass is 9.94. The Labute approximate surface area is 162 Å². The highest BCUT2D eigenvalue weighted by Gasteiger charge is 2.21. The van der Waals surface area contributed by atoms with Crippen molar-refractivity contribution in [3.8, 4) is 11.3 Å². The molecular formula is C20H28N4O2S. The molecule has 27 heavy (non-hydrogen) atoms. The minimum atomic E-state index is -3.51. The molecule has 3 rings (SSSR count). The average Bonchev–Trinajstić information content (AvgIpc) is 2.70. The number of hydrogen-bond acceptors (Lipinski definition) is 5. The van der Waals surface area contributed by atoms with Crippen LogP contribution >= 0.6 is 0 Å². The number of rotatable bonds is 6. The SMILES string of the molecule is CCN(c1ccc(-c2ccc(C)c(S(=O)(=O)NC)c2)nn1)C1CCCCC1. The number of aromatic nitrogens is 2. The molecule has 0 bridgehead atoms. The highest BCUT2D eigenvalue weighted by atomic mass is 32.2. The van der Waals surface area contributed by atoms with E-state index in [1.165, 1.54) is 39.2 Å². The molecule has 1 heterocycles. The van der Waals surface area contributed by atoms with E-state index in [2.05, 4.69) is 26.7 Å². The van der Waals surface area contributed by atoms with Crippen molar-refractivity contribution in [2.24, 2.45) is 0 Å². The molecule has 2 aromatic rings. The van der Waals surface area contributed by atoms with Crippen LogP contribution in [0.2, 0.25) is 0 Å². The molecule has 0 amide bonds. The molecule has 1 N–H and O–H groups in total. The second kappa shape index (κ2) is 8.35. The molecule has 1 aliphatic rings. The zero-order valence-corrected chi connectivity index (χ0v) is 17.1. The average molecular weight is 389 g/mol. The molecule has 1 aromatic carbocycles. The summed E-state index contributed by atoms with van der Waals surface area (Å²) in [6, 6.07) is 9.79. The lowest BCUT2D eigenvalue weighted by Gasteiger charge is -2.34. The fourth-order valence-electron chi connectivity index (χ4n) is 3.79. The van der Waals surface area contributed by atoms with Crippen LogP contribution in [-0.2, 0) is 10.0 Å². The Bertz CT molecular complexity index is 875. The minimum Gasteiger partial charge on any atom is -0.352 e. The van der Waals surface area contributed by atoms with Crippen LogP contribution < -0.4 is 9.62 Å². The summed E-state index contributed by atoms with van der Waals surface area (Å²) in [4.78, 5) is 2.60. The first-order chi connectivity index (χ1) is 13.0. The molecular weight excluding hydrogens is 360 g/mol. The molecule has 146 valence electrons. The van der Waals surface area contributed by atoms with Crippen molar-refractivity contribution in [3.63, 3.8) is 0 Å². The van der Waals surface area contributed by atoms with Crippen LogP contribution in [0.5, 0.6) is 0 Å². The number of benzene rings is 1. The van der Waals surface area contributed by atoms with Gasteiger partial charge in [0.05, 0.1) is 10.6 Å². The lowest BCUT2D eigenvalue weighted by molar-refractivity contribution is 0.415. The van der Waals surface area contributed by atoms with Gasteiger partial charge in [0.25, 0.3) is 0 Å². The number of anilines is 1. The van der Waals surface area contributed by atoms with Gasteiger partial charge >= 0.3 is 0 Å². The molecule has 0 spiro atoms. The molecule has 1 aromatic heterocycles. The maximum atomic E-state index is 12.2. The summed E-state index contributed by atoms with van der Waals surface area (Å²) in [5, 5.41) is 8.83. The number of sulfonamides is 1. The molecule has 0 unspecified atom stereocenters. The van der Waals surface area contributed by atoms with Crippen molar-refractivity contribution in [2.75, 3.05) is 18.5 Å². The smallest absolute Gasteiger partial charge is 0.240 e. The van der Waals surface area contributed by atoms with Crippen LogP contribution in [0.15, 0.2) is 35.2 Å². The summed E-state index contributed by atoms with van der Waals surface area (Å²) >= 11 is 0. The summed E-state index contributed by atoms with van der Waals surface area (Å²) in [6.45, 7) is 4.85. The standard InChI is InChI=1S/C20H28N4O2S/c1-4-24(17-8-6-5-7-9-17)20-13-12-18(22-23-20)16-11-10-15(2)19(14-16)27(25,26)21-3/h10-14,17,21H,4-9H2,1-3H3. The maximum Gasteiger partial charge on any atom is 0.240 e. The Morgan fingerprint density at radius 2 is 1.85 bits per heavy atom. The van der Waals surface area contributed by atoms with Gasteiger partial charge in [-0.1, -0.05) is 31.4 Å². The summed E-state index contributed by atoms with van der Waals surface area (Å²) in [7, 11) is -2.09. The van der Waals surface area contributed by atoms with E-state index in [0.29, 0.717) is 17.3 Å². The second-order valence-corrected chi connectivity index (χ2v) is 8.90. The van der Waals surface area contributed by atoms with Crippen LogP contribution in [0.1, 0.15) is 44.6 Å². The maximum absolute atomic E-state index is 12.2. The van der Waals surface area contributed by atoms with E-state index in [4.69, 9.17) is 0 Å². The van der Waals surface area contributed by atoms with Crippen molar-refractivity contribution < 1.29 is 8.42 Å². The van der Waals surface area contributed by atoms with Gasteiger partial charge in [0, 0.05) is 18.2 Å². The van der Waals surface area contributed by atoms with Gasteiger partial charge in [-0.15, -0.1) is 10.2 Å². The highest BCUT2D eigenvalue weighted by Crippen LogP contribution is 2.28. The van der Waals surface area contributed by atoms with E-state index in [9.17, 15) is 8.42 Å². The zero-order chi connectivity index (χ0) is 19.4. The van der Waals surface area contributed by atoms with Gasteiger partial charge < -0.3 is 4.90 Å². The topological polar surface area (TPSA) is 75.2 Å². The van der Waals surface area contributed by atoms with Gasteiger partial charge in [-0.05, 0) is 57.5 Å². The van der Waals surface area contributed by atoms with E-state index in [1.54, 1.807) is 19.1 Å². The lowest BCUT2D eigenvalue weighted by Crippen LogP contribution is -2.37. The predicted octanol–water partition coefficient (Wildman–Crippen LogP) is 3.52. The first-order valence-electron chi connectivity index (χ1n) is 9.61. The van der Waals surface area contributed by atoms with Crippen LogP contribution in [-0.4, -0.2) is 38.2 Å². The van der Waals surface area contributed by atoms with E-state index >= 15 is 0 Å². The molecule has 0 saturated heterocycles. The molecule has 0 radical (unpaired) electrons. The quantitative estimate of drug-likeness (QED) is 0.819. The molecule has 0 atom stereocenters. The fourth-order valence-corrected chi connectivity index (χ4v) is 4.79. The number of nitrogens with one attached hydrogen (secondary N) is 1. The van der Waals surface area contributed by atoms with Crippen molar-refractivity contribution in [1.29, 1.82) is 0 Å². The number of hydrogen-bond donors (Lipinski definition) is 1. The number of aryl methyl sites for hydroxylation is 1. The van der Waals surface area contributed by atoms with Gasteiger partial charge in [0.15, 0.2) is 5.82 Å². The van der Waals surface area contributed by atoms with E-state index in [-0.39, 0.29) is 4.90 Å². The zero-order valence-electron chi connectivity index (χ0n) is 16.3. The van der Waals surface area contributed by atoms with Crippen molar-refractivity contribution >= 4 is 15.8 Å². The monoisotopic (exact) mass is 388 g/mol. The predicted molar refractivity (Wildman–Crippen MR) is 108 cm³/mol. The second-order valence-electron chi connectivity index (χ2n) is 7.04. The van der Waals surface area contributed by atoms with Crippen LogP contribution in [0.4, 0.5) is 5.82 Å². The summed E-state index contributed by atoms with van der Waals surface area (Å²) in [5.41, 5.74) is 2.12. The summed E-state index contributed by atoms with van der Waals surface area (Å²) in [6.07, 6.45) is 6.29. The van der Waals surface area contributed by atoms with E-state index in [0.717, 1.165) is 17.9 Å². The van der Waals surface area contributed by atoms with E-state index < -0.39 is 10.0 Å². The Kier molecular flexibility index (Phi) is 6.11. The first-order valence-corrected chi connectivity index (χ1v) is 11.1. The third-order valence-electron chi connectivity index (χ3n) is 5.34. The largest absolute Gasteiger partial charge is 0.352 e. The minimum absolute atomic E-state index is 0.269. The van der Waals surface area contributed by atoms with Gasteiger partial charge in [0.2, 0.25) is 10.0 Å². The van der Waals surface area contributed by atoms with Crippen LogP contribution in [0.3, 0.4) is 0 Å². The highest BCUT2D eigenvalue weighted by molar-refractivity contribution is 7.89. The van der Waals surface area contributed by atoms with Crippen LogP contribution in [0.25, 0.3) is 11.3 Å². The van der Waals surface area contributed by atoms with Crippen LogP contribution in [0, 0.1) is 6.92 Å². The molecule has 6 nitrogen and oxygen atoms in total.